The van der Waals surface area contributed by atoms with Crippen LogP contribution < -0.4 is 5.73 Å². The third kappa shape index (κ3) is 5.04. The Morgan fingerprint density at radius 3 is 2.24 bits per heavy atom. The fourth-order valence-corrected chi connectivity index (χ4v) is 3.33. The molecule has 0 radical (unpaired) electrons. The van der Waals surface area contributed by atoms with E-state index in [1.54, 1.807) is 11.8 Å². The van der Waals surface area contributed by atoms with Gasteiger partial charge in [-0.15, -0.1) is 0 Å². The van der Waals surface area contributed by atoms with Crippen molar-refractivity contribution in [3.63, 3.8) is 0 Å². The van der Waals surface area contributed by atoms with E-state index in [0.29, 0.717) is 5.75 Å². The molecule has 1 unspecified atom stereocenters. The van der Waals surface area contributed by atoms with Gasteiger partial charge < -0.3 is 10.5 Å². The smallest absolute Gasteiger partial charge is 0.323 e. The van der Waals surface area contributed by atoms with Gasteiger partial charge in [-0.05, 0) is 41.5 Å². The largest absolute Gasteiger partial charge is 0.468 e. The summed E-state index contributed by atoms with van der Waals surface area (Å²) in [6, 6.07) is 3.99. The van der Waals surface area contributed by atoms with Gasteiger partial charge in [-0.1, -0.05) is 32.9 Å². The Balaban J connectivity index is 2.75. The Hall–Kier alpha value is -1.00. The van der Waals surface area contributed by atoms with Crippen LogP contribution in [0.3, 0.4) is 0 Å². The number of thioether (sulfide) groups is 1. The van der Waals surface area contributed by atoms with E-state index in [9.17, 15) is 4.79 Å². The van der Waals surface area contributed by atoms with Crippen molar-refractivity contribution < 1.29 is 9.53 Å². The number of methoxy groups -OCH3 is 1. The topological polar surface area (TPSA) is 52.3 Å². The molecule has 1 atom stereocenters. The van der Waals surface area contributed by atoms with E-state index in [2.05, 4.69) is 51.5 Å². The first-order valence-electron chi connectivity index (χ1n) is 7.18. The zero-order valence-electron chi connectivity index (χ0n) is 13.9. The fraction of sp³-hybridized carbons (Fsp3) is 0.588. The first kappa shape index (κ1) is 18.1. The number of aryl methyl sites for hydroxylation is 2. The number of hydrogen-bond donors (Lipinski definition) is 1. The van der Waals surface area contributed by atoms with Crippen molar-refractivity contribution in [1.82, 2.24) is 0 Å². The van der Waals surface area contributed by atoms with Crippen LogP contribution in [0.15, 0.2) is 12.1 Å². The lowest BCUT2D eigenvalue weighted by molar-refractivity contribution is -0.141. The molecule has 0 aliphatic heterocycles. The number of ether oxygens (including phenoxy) is 1. The number of nitrogens with two attached hydrogens (primary N) is 1. The zero-order valence-corrected chi connectivity index (χ0v) is 14.8. The number of benzene rings is 1. The van der Waals surface area contributed by atoms with Gasteiger partial charge in [0, 0.05) is 11.5 Å². The van der Waals surface area contributed by atoms with E-state index in [1.807, 2.05) is 0 Å². The van der Waals surface area contributed by atoms with Crippen LogP contribution in [-0.4, -0.2) is 24.9 Å². The average Bonchev–Trinajstić information content (AvgIpc) is 2.39. The Morgan fingerprint density at radius 1 is 1.29 bits per heavy atom. The standard InChI is InChI=1S/C17H27NO2S/c1-11-7-13(17(3,4)5)8-12(2)14(11)9-21-10-15(18)16(19)20-6/h7-8,15H,9-10,18H2,1-6H3. The number of esters is 1. The number of hydrogen-bond acceptors (Lipinski definition) is 4. The average molecular weight is 309 g/mol. The zero-order chi connectivity index (χ0) is 16.2. The molecule has 0 amide bonds. The maximum Gasteiger partial charge on any atom is 0.323 e. The molecule has 1 rings (SSSR count). The normalized spacial score (nSPS) is 13.1. The lowest BCUT2D eigenvalue weighted by atomic mass is 9.84. The van der Waals surface area contributed by atoms with Gasteiger partial charge in [0.2, 0.25) is 0 Å². The van der Waals surface area contributed by atoms with Crippen LogP contribution in [0.5, 0.6) is 0 Å². The van der Waals surface area contributed by atoms with Crippen LogP contribution in [0.1, 0.15) is 43.0 Å². The first-order chi connectivity index (χ1) is 9.66. The number of carbonyl (C=O) groups excluding carboxylic acids is 1. The monoisotopic (exact) mass is 309 g/mol. The Kier molecular flexibility index (Phi) is 6.29. The summed E-state index contributed by atoms with van der Waals surface area (Å²) >= 11 is 1.67. The van der Waals surface area contributed by atoms with Gasteiger partial charge in [0.25, 0.3) is 0 Å². The van der Waals surface area contributed by atoms with E-state index in [1.165, 1.54) is 29.4 Å². The Morgan fingerprint density at radius 2 is 1.81 bits per heavy atom. The van der Waals surface area contributed by atoms with Gasteiger partial charge in [-0.3, -0.25) is 4.79 Å². The molecule has 0 bridgehead atoms. The molecule has 1 aromatic carbocycles. The van der Waals surface area contributed by atoms with E-state index >= 15 is 0 Å². The van der Waals surface area contributed by atoms with Crippen molar-refractivity contribution in [3.05, 3.63) is 34.4 Å². The molecule has 0 saturated carbocycles. The highest BCUT2D eigenvalue weighted by Gasteiger charge is 2.17. The highest BCUT2D eigenvalue weighted by molar-refractivity contribution is 7.98. The van der Waals surface area contributed by atoms with Gasteiger partial charge in [-0.25, -0.2) is 0 Å². The minimum absolute atomic E-state index is 0.161. The van der Waals surface area contributed by atoms with Crippen molar-refractivity contribution in [2.24, 2.45) is 5.73 Å². The molecule has 3 nitrogen and oxygen atoms in total. The van der Waals surface area contributed by atoms with Gasteiger partial charge in [0.1, 0.15) is 6.04 Å². The molecule has 0 spiro atoms. The van der Waals surface area contributed by atoms with Gasteiger partial charge >= 0.3 is 5.97 Å². The van der Waals surface area contributed by atoms with Crippen molar-refractivity contribution >= 4 is 17.7 Å². The second-order valence-electron chi connectivity index (χ2n) is 6.48. The number of carbonyl (C=O) groups is 1. The second kappa shape index (κ2) is 7.32. The second-order valence-corrected chi connectivity index (χ2v) is 7.51. The molecular formula is C17H27NO2S. The molecule has 1 aromatic rings. The summed E-state index contributed by atoms with van der Waals surface area (Å²) in [5, 5.41) is 0. The van der Waals surface area contributed by atoms with Crippen LogP contribution in [0, 0.1) is 13.8 Å². The highest BCUT2D eigenvalue weighted by Crippen LogP contribution is 2.28. The molecule has 0 fully saturated rings. The van der Waals surface area contributed by atoms with Crippen LogP contribution in [0.2, 0.25) is 0 Å². The van der Waals surface area contributed by atoms with Crippen molar-refractivity contribution in [2.45, 2.75) is 51.8 Å². The van der Waals surface area contributed by atoms with Gasteiger partial charge in [-0.2, -0.15) is 11.8 Å². The molecule has 118 valence electrons. The van der Waals surface area contributed by atoms with Crippen LogP contribution in [0.4, 0.5) is 0 Å². The summed E-state index contributed by atoms with van der Waals surface area (Å²) in [5.74, 6) is 1.10. The number of rotatable bonds is 5. The maximum atomic E-state index is 11.3. The van der Waals surface area contributed by atoms with E-state index in [0.717, 1.165) is 5.75 Å². The Labute approximate surface area is 132 Å². The molecule has 0 aliphatic rings. The SMILES string of the molecule is COC(=O)C(N)CSCc1c(C)cc(C(C)(C)C)cc1C. The minimum Gasteiger partial charge on any atom is -0.468 e. The third-order valence-corrected chi connectivity index (χ3v) is 4.70. The molecule has 21 heavy (non-hydrogen) atoms. The summed E-state index contributed by atoms with van der Waals surface area (Å²) < 4.78 is 4.64. The van der Waals surface area contributed by atoms with Crippen molar-refractivity contribution in [1.29, 1.82) is 0 Å². The third-order valence-electron chi connectivity index (χ3n) is 3.61. The lowest BCUT2D eigenvalue weighted by Crippen LogP contribution is -2.33. The van der Waals surface area contributed by atoms with Gasteiger partial charge in [0.15, 0.2) is 0 Å². The fourth-order valence-electron chi connectivity index (χ4n) is 2.16. The molecule has 0 aromatic heterocycles. The first-order valence-corrected chi connectivity index (χ1v) is 8.34. The van der Waals surface area contributed by atoms with E-state index in [-0.39, 0.29) is 11.4 Å². The Bertz CT molecular complexity index is 483. The van der Waals surface area contributed by atoms with Gasteiger partial charge in [0.05, 0.1) is 7.11 Å². The highest BCUT2D eigenvalue weighted by atomic mass is 32.2. The molecular weight excluding hydrogens is 282 g/mol. The molecule has 0 saturated heterocycles. The van der Waals surface area contributed by atoms with Crippen LogP contribution in [-0.2, 0) is 20.7 Å². The van der Waals surface area contributed by atoms with Crippen molar-refractivity contribution in [3.8, 4) is 0 Å². The summed E-state index contributed by atoms with van der Waals surface area (Å²) in [5.41, 5.74) is 11.2. The summed E-state index contributed by atoms with van der Waals surface area (Å²) in [6.07, 6.45) is 0. The quantitative estimate of drug-likeness (QED) is 0.848. The molecule has 4 heteroatoms. The van der Waals surface area contributed by atoms with Crippen LogP contribution >= 0.6 is 11.8 Å². The predicted molar refractivity (Wildman–Crippen MR) is 90.8 cm³/mol. The van der Waals surface area contributed by atoms with Crippen LogP contribution in [0.25, 0.3) is 0 Å². The minimum atomic E-state index is -0.547. The van der Waals surface area contributed by atoms with E-state index in [4.69, 9.17) is 5.73 Å². The molecule has 2 N–H and O–H groups in total. The van der Waals surface area contributed by atoms with E-state index < -0.39 is 6.04 Å². The molecule has 0 aliphatic carbocycles. The summed E-state index contributed by atoms with van der Waals surface area (Å²) in [4.78, 5) is 11.3. The summed E-state index contributed by atoms with van der Waals surface area (Å²) in [7, 11) is 1.37. The predicted octanol–water partition coefficient (Wildman–Crippen LogP) is 3.33. The van der Waals surface area contributed by atoms with Crippen molar-refractivity contribution in [2.75, 3.05) is 12.9 Å². The summed E-state index contributed by atoms with van der Waals surface area (Å²) in [6.45, 7) is 11.0. The lowest BCUT2D eigenvalue weighted by Gasteiger charge is -2.22. The maximum absolute atomic E-state index is 11.3. The molecule has 0 heterocycles.